The average Bonchev–Trinajstić information content (AvgIpc) is 1.69. The quantitative estimate of drug-likeness (QED) is 0.294. The molecular formula is C4H5NO2. The van der Waals surface area contributed by atoms with E-state index in [1.165, 1.54) is 23.2 Å². The van der Waals surface area contributed by atoms with Crippen molar-refractivity contribution >= 4 is 6.21 Å². The minimum Gasteiger partial charge on any atom is -0.565 e. The summed E-state index contributed by atoms with van der Waals surface area (Å²) in [4.78, 5) is 3.66. The Hall–Kier alpha value is -0.830. The maximum atomic E-state index is 10.1. The van der Waals surface area contributed by atoms with Crippen LogP contribution in [0, 0.1) is 0 Å². The molecule has 38 valence electrons. The smallest absolute Gasteiger partial charge is 0.246 e. The van der Waals surface area contributed by atoms with Crippen molar-refractivity contribution in [2.24, 2.45) is 4.99 Å². The Morgan fingerprint density at radius 3 is 2.86 bits per heavy atom. The molecule has 0 atom stereocenters. The first kappa shape index (κ1) is 4.33. The van der Waals surface area contributed by atoms with Gasteiger partial charge in [0.2, 0.25) is 12.9 Å². The average molecular weight is 99.1 g/mol. The molecule has 0 saturated carbocycles. The number of hydrogen-bond donors (Lipinski definition) is 0. The van der Waals surface area contributed by atoms with Crippen LogP contribution in [-0.2, 0) is 4.52 Å². The predicted molar refractivity (Wildman–Crippen MR) is 23.6 cm³/mol. The lowest BCUT2D eigenvalue weighted by Crippen LogP contribution is -2.23. The van der Waals surface area contributed by atoms with Gasteiger partial charge >= 0.3 is 0 Å². The number of aliphatic imine (C=N–C) groups is 1. The Bertz CT molecular complexity index is 108. The van der Waals surface area contributed by atoms with Gasteiger partial charge in [0.25, 0.3) is 0 Å². The third-order valence-electron chi connectivity index (χ3n) is 0.643. The standard InChI is InChI=1S/C4H5NO2/c6-7-3-1-5-2-4-7/h1-3H,4H2. The predicted octanol–water partition coefficient (Wildman–Crippen LogP) is -0.630. The van der Waals surface area contributed by atoms with E-state index in [1.807, 2.05) is 0 Å². The molecule has 3 nitrogen and oxygen atoms in total. The number of nitrogens with zero attached hydrogens (tertiary/aromatic N) is 1. The summed E-state index contributed by atoms with van der Waals surface area (Å²) in [6.45, 7) is 0.302. The molecule has 0 radical (unpaired) electrons. The highest BCUT2D eigenvalue weighted by molar-refractivity contribution is 5.60. The van der Waals surface area contributed by atoms with E-state index in [1.54, 1.807) is 0 Å². The van der Waals surface area contributed by atoms with Gasteiger partial charge in [-0.25, -0.2) is 0 Å². The summed E-state index contributed by atoms with van der Waals surface area (Å²) in [6.07, 6.45) is 4.26. The zero-order valence-electron chi connectivity index (χ0n) is 3.70. The minimum atomic E-state index is 0.302. The lowest BCUT2D eigenvalue weighted by atomic mass is 10.7. The van der Waals surface area contributed by atoms with Crippen molar-refractivity contribution in [3.05, 3.63) is 12.5 Å². The Balaban J connectivity index is 2.49. The van der Waals surface area contributed by atoms with Crippen molar-refractivity contribution < 1.29 is 9.78 Å². The first-order chi connectivity index (χ1) is 3.39. The largest absolute Gasteiger partial charge is 0.565 e. The topological polar surface area (TPSA) is 38.1 Å². The van der Waals surface area contributed by atoms with E-state index in [-0.39, 0.29) is 0 Å². The summed E-state index contributed by atoms with van der Waals surface area (Å²) in [5.41, 5.74) is 0. The Kier molecular flexibility index (Phi) is 1.08. The molecule has 0 bridgehead atoms. The summed E-state index contributed by atoms with van der Waals surface area (Å²) in [7, 11) is 0. The molecule has 0 spiro atoms. The molecule has 1 aliphatic rings. The van der Waals surface area contributed by atoms with Crippen molar-refractivity contribution in [1.29, 1.82) is 0 Å². The van der Waals surface area contributed by atoms with E-state index in [0.29, 0.717) is 6.61 Å². The summed E-state index contributed by atoms with van der Waals surface area (Å²) in [5.74, 6) is 0. The summed E-state index contributed by atoms with van der Waals surface area (Å²) in [6, 6.07) is 0. The Labute approximate surface area is 41.2 Å². The van der Waals surface area contributed by atoms with Gasteiger partial charge in [-0.2, -0.15) is 0 Å². The fraction of sp³-hybridized carbons (Fsp3) is 0.250. The van der Waals surface area contributed by atoms with Gasteiger partial charge in [-0.15, -0.1) is 0 Å². The summed E-state index contributed by atoms with van der Waals surface area (Å²) < 4.78 is 1.49. The van der Waals surface area contributed by atoms with Gasteiger partial charge in [-0.1, -0.05) is 0 Å². The molecule has 1 heterocycles. The van der Waals surface area contributed by atoms with Crippen molar-refractivity contribution in [3.63, 3.8) is 0 Å². The van der Waals surface area contributed by atoms with Crippen LogP contribution in [0.3, 0.4) is 0 Å². The third kappa shape index (κ3) is 1.01. The second-order valence-electron chi connectivity index (χ2n) is 1.16. The molecule has 0 N–H and O–H groups in total. The molecule has 0 aliphatic carbocycles. The van der Waals surface area contributed by atoms with E-state index < -0.39 is 0 Å². The molecule has 1 rings (SSSR count). The van der Waals surface area contributed by atoms with Crippen molar-refractivity contribution in [2.75, 3.05) is 6.61 Å². The molecule has 0 aromatic rings. The zero-order chi connectivity index (χ0) is 5.11. The maximum Gasteiger partial charge on any atom is 0.246 e. The molecule has 0 unspecified atom stereocenters. The third-order valence-corrected chi connectivity index (χ3v) is 0.643. The van der Waals surface area contributed by atoms with Crippen LogP contribution >= 0.6 is 0 Å². The molecule has 0 amide bonds. The van der Waals surface area contributed by atoms with Crippen LogP contribution in [0.5, 0.6) is 0 Å². The maximum absolute atomic E-state index is 10.1. The van der Waals surface area contributed by atoms with Gasteiger partial charge < -0.3 is 9.78 Å². The van der Waals surface area contributed by atoms with Gasteiger partial charge in [0.05, 0.1) is 6.21 Å². The highest BCUT2D eigenvalue weighted by atomic mass is 17.2. The van der Waals surface area contributed by atoms with E-state index >= 15 is 0 Å². The highest BCUT2D eigenvalue weighted by Crippen LogP contribution is 1.89. The first-order valence-electron chi connectivity index (χ1n) is 1.95. The molecule has 7 heavy (non-hydrogen) atoms. The van der Waals surface area contributed by atoms with Gasteiger partial charge in [-0.3, -0.25) is 4.99 Å². The molecule has 3 heteroatoms. The minimum absolute atomic E-state index is 0.302. The van der Waals surface area contributed by atoms with Crippen LogP contribution in [0.25, 0.3) is 0 Å². The second kappa shape index (κ2) is 1.75. The van der Waals surface area contributed by atoms with Gasteiger partial charge in [0.15, 0.2) is 0 Å². The lowest BCUT2D eigenvalue weighted by Gasteiger charge is -2.19. The van der Waals surface area contributed by atoms with Crippen LogP contribution in [0.4, 0.5) is 0 Å². The fourth-order valence-electron chi connectivity index (χ4n) is 0.336. The van der Waals surface area contributed by atoms with Crippen LogP contribution in [0.15, 0.2) is 17.5 Å². The monoisotopic (exact) mass is 99.0 g/mol. The summed E-state index contributed by atoms with van der Waals surface area (Å²) in [5, 5.41) is 10.1. The second-order valence-corrected chi connectivity index (χ2v) is 1.16. The van der Waals surface area contributed by atoms with Crippen molar-refractivity contribution in [1.82, 2.24) is 0 Å². The van der Waals surface area contributed by atoms with E-state index in [2.05, 4.69) is 4.99 Å². The van der Waals surface area contributed by atoms with E-state index in [0.717, 1.165) is 0 Å². The lowest BCUT2D eigenvalue weighted by molar-refractivity contribution is -0.764. The summed E-state index contributed by atoms with van der Waals surface area (Å²) >= 11 is 0. The number of rotatable bonds is 0. The molecule has 0 saturated heterocycles. The Morgan fingerprint density at radius 2 is 2.57 bits per heavy atom. The van der Waals surface area contributed by atoms with E-state index in [4.69, 9.17) is 0 Å². The highest BCUT2D eigenvalue weighted by Gasteiger charge is 1.89. The SMILES string of the molecule is [O-][O+]1C=CN=CC1. The van der Waals surface area contributed by atoms with Crippen LogP contribution < -0.4 is 5.26 Å². The normalized spacial score (nSPS) is 18.1. The van der Waals surface area contributed by atoms with Crippen molar-refractivity contribution in [2.45, 2.75) is 0 Å². The van der Waals surface area contributed by atoms with Crippen LogP contribution in [-0.4, -0.2) is 12.8 Å². The molecule has 0 fully saturated rings. The van der Waals surface area contributed by atoms with Crippen molar-refractivity contribution in [3.8, 4) is 0 Å². The van der Waals surface area contributed by atoms with E-state index in [9.17, 15) is 5.26 Å². The molecule has 0 aromatic carbocycles. The van der Waals surface area contributed by atoms with Gasteiger partial charge in [0.1, 0.15) is 6.20 Å². The van der Waals surface area contributed by atoms with Crippen LogP contribution in [0.1, 0.15) is 0 Å². The molecular weight excluding hydrogens is 94.0 g/mol. The van der Waals surface area contributed by atoms with Crippen LogP contribution in [0.2, 0.25) is 0 Å². The Morgan fingerprint density at radius 1 is 1.71 bits per heavy atom. The fourth-order valence-corrected chi connectivity index (χ4v) is 0.336. The first-order valence-corrected chi connectivity index (χ1v) is 1.95. The zero-order valence-corrected chi connectivity index (χ0v) is 3.70. The molecule has 0 aromatic heterocycles. The molecule has 1 aliphatic heterocycles. The van der Waals surface area contributed by atoms with Gasteiger partial charge in [-0.05, 0) is 0 Å². The van der Waals surface area contributed by atoms with Gasteiger partial charge in [0, 0.05) is 0 Å². The number of hydrogen-bond acceptors (Lipinski definition) is 2.